The van der Waals surface area contributed by atoms with Crippen LogP contribution in [0.25, 0.3) is 0 Å². The van der Waals surface area contributed by atoms with Gasteiger partial charge in [0.15, 0.2) is 0 Å². The van der Waals surface area contributed by atoms with Gasteiger partial charge in [0.1, 0.15) is 0 Å². The molecule has 7 heteroatoms. The molecule has 0 saturated carbocycles. The van der Waals surface area contributed by atoms with Gasteiger partial charge in [0.25, 0.3) is 0 Å². The van der Waals surface area contributed by atoms with Crippen LogP contribution >= 0.6 is 18.1 Å². The summed E-state index contributed by atoms with van der Waals surface area (Å²) in [5.41, 5.74) is 0. The minimum atomic E-state index is -1.17. The fourth-order valence-electron chi connectivity index (χ4n) is 0. The monoisotopic (exact) mass is 154 g/mol. The van der Waals surface area contributed by atoms with E-state index in [0.717, 1.165) is 0 Å². The van der Waals surface area contributed by atoms with Crippen LogP contribution in [-0.4, -0.2) is 32.8 Å². The maximum Gasteiger partial charge on any atom is 2.00 e. The van der Waals surface area contributed by atoms with E-state index < -0.39 is 18.1 Å². The summed E-state index contributed by atoms with van der Waals surface area (Å²) in [6, 6.07) is 0. The second-order valence-electron chi connectivity index (χ2n) is 0.183. The van der Waals surface area contributed by atoms with Gasteiger partial charge in [-0.15, -0.1) is 0 Å². The van der Waals surface area contributed by atoms with Gasteiger partial charge in [0, 0.05) is 0 Å². The predicted molar refractivity (Wildman–Crippen MR) is 26.8 cm³/mol. The van der Waals surface area contributed by atoms with Crippen LogP contribution in [0.2, 0.25) is 0 Å². The van der Waals surface area contributed by atoms with Crippen LogP contribution < -0.4 is 9.79 Å². The summed E-state index contributed by atoms with van der Waals surface area (Å²) in [5, 5.41) is 0. The molecule has 7 heavy (non-hydrogen) atoms. The molecule has 0 aromatic rings. The van der Waals surface area contributed by atoms with Crippen molar-refractivity contribution in [3.05, 3.63) is 0 Å². The fourth-order valence-corrected chi connectivity index (χ4v) is 0. The van der Waals surface area contributed by atoms with Crippen LogP contribution in [0.3, 0.4) is 0 Å². The Morgan fingerprint density at radius 2 is 1.00 bits per heavy atom. The number of hydrogen-bond acceptors (Lipinski definition) is 4. The summed E-state index contributed by atoms with van der Waals surface area (Å²) in [5.74, 6) is 0. The summed E-state index contributed by atoms with van der Waals surface area (Å²) >= 11 is 0. The van der Waals surface area contributed by atoms with E-state index in [1.165, 1.54) is 0 Å². The van der Waals surface area contributed by atoms with Crippen molar-refractivity contribution in [1.29, 1.82) is 0 Å². The Hall–Kier alpha value is 1.47. The Bertz CT molecular complexity index is 11.7. The molecule has 0 aromatic carbocycles. The first-order valence-electron chi connectivity index (χ1n) is 0.855. The van der Waals surface area contributed by atoms with Crippen LogP contribution in [0.4, 0.5) is 0 Å². The van der Waals surface area contributed by atoms with Gasteiger partial charge >= 0.3 is 23.1 Å². The molecule has 0 amide bonds. The summed E-state index contributed by atoms with van der Waals surface area (Å²) in [6.07, 6.45) is 0. The molecule has 2 unspecified atom stereocenters. The van der Waals surface area contributed by atoms with Gasteiger partial charge in [0.05, 0.1) is 0 Å². The van der Waals surface area contributed by atoms with Crippen LogP contribution in [0, 0.1) is 0 Å². The smallest absolute Gasteiger partial charge is 0.811 e. The zero-order chi connectivity index (χ0) is 5.41. The third kappa shape index (κ3) is 104. The largest absolute Gasteiger partial charge is 2.00 e. The molecular formula is H4MgO4P2. The minimum Gasteiger partial charge on any atom is -0.811 e. The molecule has 2 atom stereocenters. The van der Waals surface area contributed by atoms with Crippen molar-refractivity contribution in [3.63, 3.8) is 0 Å². The van der Waals surface area contributed by atoms with Crippen molar-refractivity contribution in [2.75, 3.05) is 0 Å². The van der Waals surface area contributed by atoms with Gasteiger partial charge < -0.3 is 19.6 Å². The minimum absolute atomic E-state index is 0. The average Bonchev–Trinajstić information content (AvgIpc) is 1.39. The Balaban J connectivity index is -0.0000000400. The summed E-state index contributed by atoms with van der Waals surface area (Å²) < 4.78 is 0. The van der Waals surface area contributed by atoms with Crippen molar-refractivity contribution in [2.45, 2.75) is 0 Å². The van der Waals surface area contributed by atoms with E-state index in [-0.39, 0.29) is 23.1 Å². The molecule has 0 radical (unpaired) electrons. The Morgan fingerprint density at radius 3 is 1.00 bits per heavy atom. The molecular weight excluding hydrogens is 150 g/mol. The van der Waals surface area contributed by atoms with E-state index in [0.29, 0.717) is 0 Å². The zero-order valence-electron chi connectivity index (χ0n) is 3.42. The number of hydrogen-bond donors (Lipinski definition) is 2. The van der Waals surface area contributed by atoms with Crippen molar-refractivity contribution < 1.29 is 19.6 Å². The molecule has 0 aliphatic rings. The van der Waals surface area contributed by atoms with Crippen molar-refractivity contribution in [1.82, 2.24) is 0 Å². The van der Waals surface area contributed by atoms with Gasteiger partial charge in [0.2, 0.25) is 0 Å². The van der Waals surface area contributed by atoms with Crippen LogP contribution in [0.15, 0.2) is 0 Å². The molecule has 0 saturated heterocycles. The zero-order valence-corrected chi connectivity index (χ0v) is 6.83. The van der Waals surface area contributed by atoms with E-state index in [4.69, 9.17) is 19.6 Å². The second kappa shape index (κ2) is 26.0. The summed E-state index contributed by atoms with van der Waals surface area (Å²) in [7, 11) is -2.33. The Kier molecular flexibility index (Phi) is 58.6. The van der Waals surface area contributed by atoms with E-state index in [9.17, 15) is 0 Å². The fraction of sp³-hybridized carbons (Fsp3) is 0. The SMILES string of the molecule is [Mg+2].[O-]PO.[O-]PO. The van der Waals surface area contributed by atoms with Crippen molar-refractivity contribution >= 4 is 41.1 Å². The first kappa shape index (κ1) is 15.8. The van der Waals surface area contributed by atoms with Crippen molar-refractivity contribution in [2.24, 2.45) is 0 Å². The molecule has 0 aromatic heterocycles. The van der Waals surface area contributed by atoms with Crippen LogP contribution in [-0.2, 0) is 0 Å². The molecule has 40 valence electrons. The van der Waals surface area contributed by atoms with Gasteiger partial charge in [-0.25, -0.2) is 0 Å². The predicted octanol–water partition coefficient (Wildman–Crippen LogP) is -2.69. The molecule has 0 heterocycles. The molecule has 0 aliphatic heterocycles. The molecule has 0 bridgehead atoms. The van der Waals surface area contributed by atoms with Crippen LogP contribution in [0.1, 0.15) is 0 Å². The third-order valence-corrected chi connectivity index (χ3v) is 0. The van der Waals surface area contributed by atoms with E-state index in [1.807, 2.05) is 0 Å². The molecule has 0 fully saturated rings. The van der Waals surface area contributed by atoms with Gasteiger partial charge in [-0.05, 0) is 0 Å². The molecule has 4 nitrogen and oxygen atoms in total. The normalized spacial score (nSPS) is 8.57. The average molecular weight is 154 g/mol. The Morgan fingerprint density at radius 1 is 1.00 bits per heavy atom. The molecule has 0 spiro atoms. The number of rotatable bonds is 0. The third-order valence-electron chi connectivity index (χ3n) is 0. The van der Waals surface area contributed by atoms with Gasteiger partial charge in [-0.2, -0.15) is 0 Å². The Labute approximate surface area is 61.0 Å². The van der Waals surface area contributed by atoms with Gasteiger partial charge in [-0.1, -0.05) is 18.1 Å². The standard InChI is InChI=1S/Mg.2H2O2P/c;2*1-3-2/h;2*1,3H/q+2;2*-1. The quantitative estimate of drug-likeness (QED) is 0.294. The summed E-state index contributed by atoms with van der Waals surface area (Å²) in [6.45, 7) is 0. The maximum atomic E-state index is 8.51. The first-order chi connectivity index (χ1) is 2.83. The molecule has 2 N–H and O–H groups in total. The second-order valence-corrected chi connectivity index (χ2v) is 0.548. The molecule has 0 aliphatic carbocycles. The van der Waals surface area contributed by atoms with E-state index in [1.54, 1.807) is 0 Å². The summed E-state index contributed by atoms with van der Waals surface area (Å²) in [4.78, 5) is 31.1. The maximum absolute atomic E-state index is 8.51. The molecule has 0 rings (SSSR count). The van der Waals surface area contributed by atoms with Crippen LogP contribution in [0.5, 0.6) is 0 Å². The topological polar surface area (TPSA) is 86.6 Å². The first-order valence-corrected chi connectivity index (χ1v) is 2.57. The van der Waals surface area contributed by atoms with Gasteiger partial charge in [-0.3, -0.25) is 0 Å². The van der Waals surface area contributed by atoms with Crippen molar-refractivity contribution in [3.8, 4) is 0 Å². The van der Waals surface area contributed by atoms with E-state index in [2.05, 4.69) is 0 Å². The van der Waals surface area contributed by atoms with E-state index >= 15 is 0 Å².